The van der Waals surface area contributed by atoms with Gasteiger partial charge >= 0.3 is 0 Å². The predicted octanol–water partition coefficient (Wildman–Crippen LogP) is 2.02. The highest BCUT2D eigenvalue weighted by Gasteiger charge is 2.14. The number of pyridine rings is 1. The summed E-state index contributed by atoms with van der Waals surface area (Å²) in [4.78, 5) is 8.09. The van der Waals surface area contributed by atoms with Gasteiger partial charge in [-0.3, -0.25) is 0 Å². The number of hydrogen-bond acceptors (Lipinski definition) is 3. The van der Waals surface area contributed by atoms with Crippen molar-refractivity contribution in [3.8, 4) is 5.75 Å². The van der Waals surface area contributed by atoms with Crippen LogP contribution in [-0.4, -0.2) is 4.98 Å². The summed E-state index contributed by atoms with van der Waals surface area (Å²) in [6.07, 6.45) is 0.222. The highest BCUT2D eigenvalue weighted by molar-refractivity contribution is 6.30. The highest BCUT2D eigenvalue weighted by Crippen LogP contribution is 2.31. The van der Waals surface area contributed by atoms with Crippen LogP contribution >= 0.6 is 11.6 Å². The molecule has 1 atom stereocenters. The molecule has 5 heteroatoms. The van der Waals surface area contributed by atoms with Crippen molar-refractivity contribution < 1.29 is 9.23 Å². The first-order chi connectivity index (χ1) is 5.66. The van der Waals surface area contributed by atoms with Crippen LogP contribution in [-0.2, 0) is 0 Å². The lowest BCUT2D eigenvalue weighted by Crippen LogP contribution is -2.06. The van der Waals surface area contributed by atoms with E-state index in [1.807, 2.05) is 0 Å². The van der Waals surface area contributed by atoms with E-state index in [2.05, 4.69) is 9.82 Å². The summed E-state index contributed by atoms with van der Waals surface area (Å²) in [7, 11) is 0. The fourth-order valence-corrected chi connectivity index (χ4v) is 1.08. The van der Waals surface area contributed by atoms with Crippen LogP contribution in [0.2, 0.25) is 5.15 Å². The largest absolute Gasteiger partial charge is 0.408 e. The molecular formula is C7H8ClFN2O. The molecule has 2 N–H and O–H groups in total. The Morgan fingerprint density at radius 1 is 1.75 bits per heavy atom. The molecule has 1 aromatic rings. The van der Waals surface area contributed by atoms with Crippen LogP contribution < -0.4 is 10.7 Å². The van der Waals surface area contributed by atoms with Crippen LogP contribution in [0, 0.1) is 0 Å². The van der Waals surface area contributed by atoms with Gasteiger partial charge in [-0.1, -0.05) is 11.6 Å². The van der Waals surface area contributed by atoms with Crippen molar-refractivity contribution in [2.24, 2.45) is 5.90 Å². The Morgan fingerprint density at radius 2 is 2.42 bits per heavy atom. The first-order valence-electron chi connectivity index (χ1n) is 3.32. The van der Waals surface area contributed by atoms with E-state index in [-0.39, 0.29) is 10.9 Å². The number of alkyl halides is 1. The second-order valence-electron chi connectivity index (χ2n) is 2.25. The Labute approximate surface area is 74.3 Å². The zero-order valence-electron chi connectivity index (χ0n) is 6.42. The molecule has 1 unspecified atom stereocenters. The molecule has 0 bridgehead atoms. The molecule has 1 rings (SSSR count). The van der Waals surface area contributed by atoms with E-state index in [0.717, 1.165) is 0 Å². The molecule has 1 aromatic heterocycles. The number of nitrogens with two attached hydrogens (primary N) is 1. The molecule has 0 saturated heterocycles. The lowest BCUT2D eigenvalue weighted by Gasteiger charge is -2.08. The van der Waals surface area contributed by atoms with E-state index in [1.54, 1.807) is 0 Å². The molecule has 0 fully saturated rings. The summed E-state index contributed by atoms with van der Waals surface area (Å²) < 4.78 is 12.8. The zero-order chi connectivity index (χ0) is 9.14. The van der Waals surface area contributed by atoms with E-state index >= 15 is 0 Å². The van der Waals surface area contributed by atoms with E-state index in [0.29, 0.717) is 5.56 Å². The SMILES string of the molecule is CC(F)c1ccnc(Cl)c1ON. The first-order valence-corrected chi connectivity index (χ1v) is 3.69. The van der Waals surface area contributed by atoms with Gasteiger partial charge in [0.05, 0.1) is 0 Å². The number of halogens is 2. The van der Waals surface area contributed by atoms with E-state index in [1.165, 1.54) is 19.2 Å². The Morgan fingerprint density at radius 3 is 2.83 bits per heavy atom. The first kappa shape index (κ1) is 9.22. The Balaban J connectivity index is 3.18. The highest BCUT2D eigenvalue weighted by atomic mass is 35.5. The standard InChI is InChI=1S/C7H8ClFN2O/c1-4(9)5-2-3-11-7(8)6(5)12-10/h2-4H,10H2,1H3. The summed E-state index contributed by atoms with van der Waals surface area (Å²) in [5, 5.41) is 0.0690. The molecule has 0 saturated carbocycles. The number of aromatic nitrogens is 1. The van der Waals surface area contributed by atoms with Crippen LogP contribution in [0.5, 0.6) is 5.75 Å². The molecule has 66 valence electrons. The van der Waals surface area contributed by atoms with E-state index in [9.17, 15) is 4.39 Å². The molecular weight excluding hydrogens is 183 g/mol. The lowest BCUT2D eigenvalue weighted by molar-refractivity contribution is 0.307. The maximum absolute atomic E-state index is 12.8. The number of rotatable bonds is 2. The summed E-state index contributed by atoms with van der Waals surface area (Å²) >= 11 is 5.59. The van der Waals surface area contributed by atoms with Gasteiger partial charge in [-0.2, -0.15) is 5.90 Å². The van der Waals surface area contributed by atoms with Gasteiger partial charge in [0.25, 0.3) is 0 Å². The minimum absolute atomic E-state index is 0.0690. The zero-order valence-corrected chi connectivity index (χ0v) is 7.18. The van der Waals surface area contributed by atoms with Crippen LogP contribution in [0.15, 0.2) is 12.3 Å². The quantitative estimate of drug-likeness (QED) is 0.573. The fraction of sp³-hybridized carbons (Fsp3) is 0.286. The van der Waals surface area contributed by atoms with Crippen molar-refractivity contribution in [1.29, 1.82) is 0 Å². The van der Waals surface area contributed by atoms with Gasteiger partial charge in [0.1, 0.15) is 6.17 Å². The van der Waals surface area contributed by atoms with Crippen molar-refractivity contribution in [2.75, 3.05) is 0 Å². The third-order valence-corrected chi connectivity index (χ3v) is 1.71. The summed E-state index contributed by atoms with van der Waals surface area (Å²) in [5.41, 5.74) is 0.303. The Kier molecular flexibility index (Phi) is 2.83. The monoisotopic (exact) mass is 190 g/mol. The van der Waals surface area contributed by atoms with Gasteiger partial charge in [0.15, 0.2) is 10.9 Å². The molecule has 3 nitrogen and oxygen atoms in total. The molecule has 0 aliphatic rings. The fourth-order valence-electron chi connectivity index (χ4n) is 0.866. The number of hydrogen-bond donors (Lipinski definition) is 1. The van der Waals surface area contributed by atoms with E-state index in [4.69, 9.17) is 17.5 Å². The Hall–Kier alpha value is -0.870. The smallest absolute Gasteiger partial charge is 0.190 e. The van der Waals surface area contributed by atoms with Gasteiger partial charge in [-0.15, -0.1) is 0 Å². The Bertz CT molecular complexity index is 280. The third kappa shape index (κ3) is 1.65. The maximum atomic E-state index is 12.8. The minimum Gasteiger partial charge on any atom is -0.408 e. The molecule has 0 amide bonds. The average molecular weight is 191 g/mol. The van der Waals surface area contributed by atoms with Crippen molar-refractivity contribution >= 4 is 11.6 Å². The molecule has 0 aliphatic heterocycles. The van der Waals surface area contributed by atoms with Crippen molar-refractivity contribution in [3.05, 3.63) is 23.0 Å². The molecule has 0 spiro atoms. The minimum atomic E-state index is -1.18. The normalized spacial score (nSPS) is 12.7. The van der Waals surface area contributed by atoms with Crippen LogP contribution in [0.4, 0.5) is 4.39 Å². The lowest BCUT2D eigenvalue weighted by atomic mass is 10.2. The van der Waals surface area contributed by atoms with Gasteiger partial charge in [-0.25, -0.2) is 9.37 Å². The summed E-state index contributed by atoms with van der Waals surface area (Å²) in [5.74, 6) is 4.99. The predicted molar refractivity (Wildman–Crippen MR) is 43.6 cm³/mol. The molecule has 0 aliphatic carbocycles. The molecule has 12 heavy (non-hydrogen) atoms. The van der Waals surface area contributed by atoms with E-state index < -0.39 is 6.17 Å². The van der Waals surface area contributed by atoms with Crippen LogP contribution in [0.25, 0.3) is 0 Å². The van der Waals surface area contributed by atoms with Gasteiger partial charge < -0.3 is 4.84 Å². The topological polar surface area (TPSA) is 48.1 Å². The van der Waals surface area contributed by atoms with Crippen molar-refractivity contribution in [3.63, 3.8) is 0 Å². The van der Waals surface area contributed by atoms with Crippen molar-refractivity contribution in [1.82, 2.24) is 4.98 Å². The molecule has 0 aromatic carbocycles. The second kappa shape index (κ2) is 3.69. The summed E-state index contributed by atoms with van der Waals surface area (Å²) in [6.45, 7) is 1.37. The average Bonchev–Trinajstić information content (AvgIpc) is 2.03. The third-order valence-electron chi connectivity index (χ3n) is 1.44. The van der Waals surface area contributed by atoms with Gasteiger partial charge in [-0.05, 0) is 13.0 Å². The molecule has 0 radical (unpaired) electrons. The summed E-state index contributed by atoms with van der Waals surface area (Å²) in [6, 6.07) is 1.47. The van der Waals surface area contributed by atoms with Crippen molar-refractivity contribution in [2.45, 2.75) is 13.1 Å². The maximum Gasteiger partial charge on any atom is 0.190 e. The second-order valence-corrected chi connectivity index (χ2v) is 2.61. The van der Waals surface area contributed by atoms with Crippen LogP contribution in [0.3, 0.4) is 0 Å². The molecule has 1 heterocycles. The number of nitrogens with zero attached hydrogens (tertiary/aromatic N) is 1. The van der Waals surface area contributed by atoms with Gasteiger partial charge in [0.2, 0.25) is 0 Å². The van der Waals surface area contributed by atoms with Crippen LogP contribution in [0.1, 0.15) is 18.7 Å². The van der Waals surface area contributed by atoms with Gasteiger partial charge in [0, 0.05) is 11.8 Å².